The molecule has 1 aromatic rings. The van der Waals surface area contributed by atoms with Crippen LogP contribution in [0.5, 0.6) is 0 Å². The van der Waals surface area contributed by atoms with Gasteiger partial charge in [0.25, 0.3) is 0 Å². The summed E-state index contributed by atoms with van der Waals surface area (Å²) in [5, 5.41) is 0. The number of hydrogen-bond acceptors (Lipinski definition) is 3. The van der Waals surface area contributed by atoms with E-state index in [9.17, 15) is 4.79 Å². The molecule has 3 nitrogen and oxygen atoms in total. The van der Waals surface area contributed by atoms with Gasteiger partial charge in [-0.1, -0.05) is 31.2 Å². The highest BCUT2D eigenvalue weighted by Gasteiger charge is 2.21. The number of ether oxygens (including phenoxy) is 1. The fourth-order valence-corrected chi connectivity index (χ4v) is 1.69. The van der Waals surface area contributed by atoms with Gasteiger partial charge in [0.2, 0.25) is 0 Å². The highest BCUT2D eigenvalue weighted by Crippen LogP contribution is 2.21. The van der Waals surface area contributed by atoms with E-state index in [0.29, 0.717) is 0 Å². The number of esters is 1. The summed E-state index contributed by atoms with van der Waals surface area (Å²) >= 11 is 0. The number of nitrogens with two attached hydrogens (primary N) is 1. The second-order valence-electron chi connectivity index (χ2n) is 3.36. The van der Waals surface area contributed by atoms with E-state index in [-0.39, 0.29) is 18.4 Å². The van der Waals surface area contributed by atoms with Crippen molar-refractivity contribution < 1.29 is 9.53 Å². The summed E-state index contributed by atoms with van der Waals surface area (Å²) in [7, 11) is 1.39. The second kappa shape index (κ2) is 5.51. The quantitative estimate of drug-likeness (QED) is 0.760. The maximum atomic E-state index is 11.5. The predicted octanol–water partition coefficient (Wildman–Crippen LogP) is 1.46. The minimum Gasteiger partial charge on any atom is -0.469 e. The van der Waals surface area contributed by atoms with Crippen LogP contribution in [0.3, 0.4) is 0 Å². The SMILES string of the molecule is CCc1ccccc1C(CN)C(=O)OC. The summed E-state index contributed by atoms with van der Waals surface area (Å²) in [5.74, 6) is -0.607. The van der Waals surface area contributed by atoms with Crippen LogP contribution < -0.4 is 5.73 Å². The first-order valence-corrected chi connectivity index (χ1v) is 5.10. The molecule has 82 valence electrons. The maximum absolute atomic E-state index is 11.5. The fraction of sp³-hybridized carbons (Fsp3) is 0.417. The van der Waals surface area contributed by atoms with E-state index in [1.54, 1.807) is 0 Å². The zero-order chi connectivity index (χ0) is 11.3. The number of carbonyl (C=O) groups excluding carboxylic acids is 1. The Bertz CT molecular complexity index is 336. The average molecular weight is 207 g/mol. The van der Waals surface area contributed by atoms with Crippen molar-refractivity contribution in [2.75, 3.05) is 13.7 Å². The maximum Gasteiger partial charge on any atom is 0.314 e. The Kier molecular flexibility index (Phi) is 4.31. The third-order valence-electron chi connectivity index (χ3n) is 2.53. The lowest BCUT2D eigenvalue weighted by molar-refractivity contribution is -0.142. The summed E-state index contributed by atoms with van der Waals surface area (Å²) < 4.78 is 4.74. The number of benzene rings is 1. The normalized spacial score (nSPS) is 12.2. The van der Waals surface area contributed by atoms with Gasteiger partial charge in [-0.15, -0.1) is 0 Å². The van der Waals surface area contributed by atoms with Crippen LogP contribution in [0.25, 0.3) is 0 Å². The van der Waals surface area contributed by atoms with Gasteiger partial charge in [0.1, 0.15) is 0 Å². The van der Waals surface area contributed by atoms with Crippen molar-refractivity contribution in [1.82, 2.24) is 0 Å². The molecule has 0 heterocycles. The molecule has 0 radical (unpaired) electrons. The molecule has 0 aliphatic heterocycles. The highest BCUT2D eigenvalue weighted by molar-refractivity contribution is 5.78. The van der Waals surface area contributed by atoms with Gasteiger partial charge in [-0.05, 0) is 17.5 Å². The Balaban J connectivity index is 3.05. The molecule has 1 unspecified atom stereocenters. The molecule has 15 heavy (non-hydrogen) atoms. The Morgan fingerprint density at radius 1 is 1.47 bits per heavy atom. The largest absolute Gasteiger partial charge is 0.469 e. The molecule has 0 aromatic heterocycles. The Hall–Kier alpha value is -1.35. The van der Waals surface area contributed by atoms with Gasteiger partial charge < -0.3 is 10.5 Å². The van der Waals surface area contributed by atoms with Gasteiger partial charge in [0, 0.05) is 6.54 Å². The van der Waals surface area contributed by atoms with Crippen molar-refractivity contribution in [3.63, 3.8) is 0 Å². The van der Waals surface area contributed by atoms with Crippen LogP contribution in [-0.4, -0.2) is 19.6 Å². The topological polar surface area (TPSA) is 52.3 Å². The van der Waals surface area contributed by atoms with Crippen LogP contribution in [0.4, 0.5) is 0 Å². The van der Waals surface area contributed by atoms with Crippen LogP contribution >= 0.6 is 0 Å². The zero-order valence-electron chi connectivity index (χ0n) is 9.19. The van der Waals surface area contributed by atoms with E-state index in [1.165, 1.54) is 7.11 Å². The third-order valence-corrected chi connectivity index (χ3v) is 2.53. The molecule has 0 saturated heterocycles. The molecule has 1 atom stereocenters. The van der Waals surface area contributed by atoms with E-state index in [2.05, 4.69) is 6.92 Å². The summed E-state index contributed by atoms with van der Waals surface area (Å²) in [6, 6.07) is 7.83. The van der Waals surface area contributed by atoms with E-state index in [1.807, 2.05) is 24.3 Å². The summed E-state index contributed by atoms with van der Waals surface area (Å²) in [6.45, 7) is 2.34. The standard InChI is InChI=1S/C12H17NO2/c1-3-9-6-4-5-7-10(9)11(8-13)12(14)15-2/h4-7,11H,3,8,13H2,1-2H3. The third kappa shape index (κ3) is 2.57. The molecule has 0 aliphatic carbocycles. The van der Waals surface area contributed by atoms with Crippen molar-refractivity contribution in [3.05, 3.63) is 35.4 Å². The molecular weight excluding hydrogens is 190 g/mol. The summed E-state index contributed by atoms with van der Waals surface area (Å²) in [6.07, 6.45) is 0.893. The van der Waals surface area contributed by atoms with Gasteiger partial charge in [-0.25, -0.2) is 0 Å². The van der Waals surface area contributed by atoms with Crippen LogP contribution in [0, 0.1) is 0 Å². The molecule has 0 fully saturated rings. The minimum absolute atomic E-state index is 0.265. The molecule has 0 saturated carbocycles. The number of methoxy groups -OCH3 is 1. The molecule has 0 aliphatic rings. The van der Waals surface area contributed by atoms with Crippen molar-refractivity contribution in [1.29, 1.82) is 0 Å². The average Bonchev–Trinajstić information content (AvgIpc) is 2.30. The fourth-order valence-electron chi connectivity index (χ4n) is 1.69. The van der Waals surface area contributed by atoms with Gasteiger partial charge >= 0.3 is 5.97 Å². The number of hydrogen-bond donors (Lipinski definition) is 1. The molecule has 3 heteroatoms. The Labute approximate surface area is 90.2 Å². The van der Waals surface area contributed by atoms with Gasteiger partial charge in [0.15, 0.2) is 0 Å². The van der Waals surface area contributed by atoms with Crippen LogP contribution in [0.1, 0.15) is 24.0 Å². The number of aryl methyl sites for hydroxylation is 1. The summed E-state index contributed by atoms with van der Waals surface area (Å²) in [4.78, 5) is 11.5. The van der Waals surface area contributed by atoms with Crippen LogP contribution in [0.15, 0.2) is 24.3 Å². The van der Waals surface area contributed by atoms with E-state index >= 15 is 0 Å². The van der Waals surface area contributed by atoms with Gasteiger partial charge in [-0.2, -0.15) is 0 Å². The van der Waals surface area contributed by atoms with Crippen molar-refractivity contribution in [3.8, 4) is 0 Å². The number of carbonyl (C=O) groups is 1. The van der Waals surface area contributed by atoms with E-state index < -0.39 is 0 Å². The van der Waals surface area contributed by atoms with Crippen molar-refractivity contribution in [2.45, 2.75) is 19.3 Å². The lowest BCUT2D eigenvalue weighted by Crippen LogP contribution is -2.23. The highest BCUT2D eigenvalue weighted by atomic mass is 16.5. The van der Waals surface area contributed by atoms with E-state index in [0.717, 1.165) is 17.5 Å². The first kappa shape index (κ1) is 11.7. The molecule has 1 aromatic carbocycles. The minimum atomic E-state index is -0.342. The lowest BCUT2D eigenvalue weighted by Gasteiger charge is -2.15. The Morgan fingerprint density at radius 2 is 2.13 bits per heavy atom. The van der Waals surface area contributed by atoms with E-state index in [4.69, 9.17) is 10.5 Å². The molecule has 1 rings (SSSR count). The number of rotatable bonds is 4. The predicted molar refractivity (Wildman–Crippen MR) is 59.6 cm³/mol. The molecule has 2 N–H and O–H groups in total. The van der Waals surface area contributed by atoms with Gasteiger partial charge in [0.05, 0.1) is 13.0 Å². The van der Waals surface area contributed by atoms with Crippen molar-refractivity contribution in [2.24, 2.45) is 5.73 Å². The first-order valence-electron chi connectivity index (χ1n) is 5.10. The molecule has 0 amide bonds. The first-order chi connectivity index (χ1) is 7.24. The summed E-state index contributed by atoms with van der Waals surface area (Å²) in [5.41, 5.74) is 7.74. The molecule has 0 spiro atoms. The monoisotopic (exact) mass is 207 g/mol. The van der Waals surface area contributed by atoms with Gasteiger partial charge in [-0.3, -0.25) is 4.79 Å². The lowest BCUT2D eigenvalue weighted by atomic mass is 9.93. The molecular formula is C12H17NO2. The second-order valence-corrected chi connectivity index (χ2v) is 3.36. The van der Waals surface area contributed by atoms with Crippen molar-refractivity contribution >= 4 is 5.97 Å². The molecule has 0 bridgehead atoms. The zero-order valence-corrected chi connectivity index (χ0v) is 9.19. The Morgan fingerprint density at radius 3 is 2.67 bits per heavy atom. The van der Waals surface area contributed by atoms with Crippen LogP contribution in [0.2, 0.25) is 0 Å². The smallest absolute Gasteiger partial charge is 0.314 e. The van der Waals surface area contributed by atoms with Crippen LogP contribution in [-0.2, 0) is 16.0 Å².